The van der Waals surface area contributed by atoms with Gasteiger partial charge in [-0.2, -0.15) is 0 Å². The molecular formula is C14H30IN3O2. The van der Waals surface area contributed by atoms with Crippen molar-refractivity contribution in [3.05, 3.63) is 0 Å². The number of nitrogens with zero attached hydrogens (tertiary/aromatic N) is 1. The van der Waals surface area contributed by atoms with E-state index in [0.717, 1.165) is 51.3 Å². The Hall–Kier alpha value is -0.530. The lowest BCUT2D eigenvalue weighted by molar-refractivity contribution is -0.143. The highest BCUT2D eigenvalue weighted by molar-refractivity contribution is 14.0. The van der Waals surface area contributed by atoms with Crippen LogP contribution in [0.15, 0.2) is 4.99 Å². The van der Waals surface area contributed by atoms with Gasteiger partial charge in [0.1, 0.15) is 0 Å². The van der Waals surface area contributed by atoms with Gasteiger partial charge in [0.25, 0.3) is 0 Å². The molecule has 0 fully saturated rings. The number of esters is 1. The van der Waals surface area contributed by atoms with Gasteiger partial charge in [-0.3, -0.25) is 9.79 Å². The first-order valence-corrected chi connectivity index (χ1v) is 7.42. The molecule has 0 aliphatic heterocycles. The molecule has 0 aromatic heterocycles. The van der Waals surface area contributed by atoms with Crippen LogP contribution in [0.2, 0.25) is 0 Å². The Morgan fingerprint density at radius 3 is 2.15 bits per heavy atom. The van der Waals surface area contributed by atoms with Crippen LogP contribution in [0, 0.1) is 0 Å². The van der Waals surface area contributed by atoms with Gasteiger partial charge in [-0.1, -0.05) is 12.8 Å². The smallest absolute Gasteiger partial charge is 0.305 e. The van der Waals surface area contributed by atoms with Gasteiger partial charge in [0.2, 0.25) is 0 Å². The molecular weight excluding hydrogens is 369 g/mol. The second kappa shape index (κ2) is 16.5. The minimum Gasteiger partial charge on any atom is -0.466 e. The Bertz CT molecular complexity index is 253. The third-order valence-corrected chi connectivity index (χ3v) is 2.55. The summed E-state index contributed by atoms with van der Waals surface area (Å²) in [6.45, 7) is 9.02. The zero-order valence-electron chi connectivity index (χ0n) is 13.0. The van der Waals surface area contributed by atoms with Crippen LogP contribution in [0.3, 0.4) is 0 Å². The minimum atomic E-state index is -0.0814. The second-order valence-electron chi connectivity index (χ2n) is 4.26. The molecule has 120 valence electrons. The molecule has 0 bridgehead atoms. The van der Waals surface area contributed by atoms with Crippen LogP contribution in [-0.4, -0.2) is 38.2 Å². The average Bonchev–Trinajstić information content (AvgIpc) is 2.38. The van der Waals surface area contributed by atoms with Crippen molar-refractivity contribution < 1.29 is 9.53 Å². The molecule has 0 aromatic rings. The van der Waals surface area contributed by atoms with Crippen molar-refractivity contribution in [2.75, 3.05) is 26.2 Å². The fraction of sp³-hybridized carbons (Fsp3) is 0.857. The maximum Gasteiger partial charge on any atom is 0.305 e. The van der Waals surface area contributed by atoms with Gasteiger partial charge in [-0.05, 0) is 33.6 Å². The topological polar surface area (TPSA) is 62.7 Å². The molecule has 2 N–H and O–H groups in total. The van der Waals surface area contributed by atoms with Gasteiger partial charge in [-0.15, -0.1) is 24.0 Å². The van der Waals surface area contributed by atoms with Crippen molar-refractivity contribution in [3.63, 3.8) is 0 Å². The first-order chi connectivity index (χ1) is 9.24. The number of guanidine groups is 1. The molecule has 0 aromatic carbocycles. The minimum absolute atomic E-state index is 0. The Labute approximate surface area is 140 Å². The molecule has 5 nitrogen and oxygen atoms in total. The first-order valence-electron chi connectivity index (χ1n) is 7.42. The van der Waals surface area contributed by atoms with Crippen molar-refractivity contribution >= 4 is 35.9 Å². The molecule has 0 heterocycles. The number of carbonyl (C=O) groups excluding carboxylic acids is 1. The molecule has 0 aliphatic carbocycles. The summed E-state index contributed by atoms with van der Waals surface area (Å²) in [5.74, 6) is 0.804. The van der Waals surface area contributed by atoms with Gasteiger partial charge in [0.15, 0.2) is 5.96 Å². The lowest BCUT2D eigenvalue weighted by atomic mass is 10.1. The zero-order chi connectivity index (χ0) is 14.3. The number of hydrogen-bond donors (Lipinski definition) is 2. The maximum absolute atomic E-state index is 11.1. The first kappa shape index (κ1) is 21.8. The number of nitrogens with one attached hydrogen (secondary N) is 2. The third-order valence-electron chi connectivity index (χ3n) is 2.55. The van der Waals surface area contributed by atoms with Crippen molar-refractivity contribution in [2.45, 2.75) is 52.9 Å². The predicted molar refractivity (Wildman–Crippen MR) is 94.8 cm³/mol. The second-order valence-corrected chi connectivity index (χ2v) is 4.26. The number of aliphatic imine (C=N–C) groups is 1. The van der Waals surface area contributed by atoms with Gasteiger partial charge >= 0.3 is 5.97 Å². The highest BCUT2D eigenvalue weighted by Gasteiger charge is 2.00. The van der Waals surface area contributed by atoms with Crippen LogP contribution >= 0.6 is 24.0 Å². The van der Waals surface area contributed by atoms with E-state index in [-0.39, 0.29) is 29.9 Å². The van der Waals surface area contributed by atoms with E-state index in [4.69, 9.17) is 4.74 Å². The van der Waals surface area contributed by atoms with E-state index in [0.29, 0.717) is 13.0 Å². The lowest BCUT2D eigenvalue weighted by Crippen LogP contribution is -2.37. The summed E-state index contributed by atoms with van der Waals surface area (Å²) in [6, 6.07) is 0. The predicted octanol–water partition coefficient (Wildman–Crippen LogP) is 2.69. The summed E-state index contributed by atoms with van der Waals surface area (Å²) < 4.78 is 4.88. The molecule has 6 heteroatoms. The monoisotopic (exact) mass is 399 g/mol. The van der Waals surface area contributed by atoms with Crippen LogP contribution < -0.4 is 10.6 Å². The summed E-state index contributed by atoms with van der Waals surface area (Å²) in [5.41, 5.74) is 0. The Kier molecular flexibility index (Phi) is 18.0. The third kappa shape index (κ3) is 13.9. The van der Waals surface area contributed by atoms with Crippen molar-refractivity contribution in [3.8, 4) is 0 Å². The van der Waals surface area contributed by atoms with Gasteiger partial charge in [0.05, 0.1) is 6.61 Å². The van der Waals surface area contributed by atoms with Gasteiger partial charge in [-0.25, -0.2) is 0 Å². The standard InChI is InChI=1S/C14H29N3O2.HI/c1-4-15-14(16-5-2)17-12-10-8-7-9-11-13(18)19-6-3;/h4-12H2,1-3H3,(H2,15,16,17);1H. The summed E-state index contributed by atoms with van der Waals surface area (Å²) in [4.78, 5) is 15.6. The fourth-order valence-electron chi connectivity index (χ4n) is 1.67. The average molecular weight is 399 g/mol. The Morgan fingerprint density at radius 1 is 1.00 bits per heavy atom. The van der Waals surface area contributed by atoms with E-state index in [2.05, 4.69) is 29.5 Å². The quantitative estimate of drug-likeness (QED) is 0.195. The van der Waals surface area contributed by atoms with Crippen LogP contribution in [0.4, 0.5) is 0 Å². The van der Waals surface area contributed by atoms with Crippen LogP contribution in [0.1, 0.15) is 52.9 Å². The fourth-order valence-corrected chi connectivity index (χ4v) is 1.67. The largest absolute Gasteiger partial charge is 0.466 e. The summed E-state index contributed by atoms with van der Waals surface area (Å²) in [5, 5.41) is 6.38. The van der Waals surface area contributed by atoms with E-state index >= 15 is 0 Å². The van der Waals surface area contributed by atoms with Crippen LogP contribution in [0.25, 0.3) is 0 Å². The summed E-state index contributed by atoms with van der Waals surface area (Å²) in [6.07, 6.45) is 4.68. The van der Waals surface area contributed by atoms with Gasteiger partial charge < -0.3 is 15.4 Å². The van der Waals surface area contributed by atoms with E-state index in [1.54, 1.807) is 0 Å². The number of carbonyl (C=O) groups is 1. The van der Waals surface area contributed by atoms with Gasteiger partial charge in [0, 0.05) is 26.1 Å². The molecule has 0 rings (SSSR count). The Balaban J connectivity index is 0. The Morgan fingerprint density at radius 2 is 1.60 bits per heavy atom. The summed E-state index contributed by atoms with van der Waals surface area (Å²) in [7, 11) is 0. The SMILES string of the molecule is CCNC(=NCCCCCCC(=O)OCC)NCC.I. The molecule has 0 amide bonds. The molecule has 0 saturated heterocycles. The molecule has 20 heavy (non-hydrogen) atoms. The highest BCUT2D eigenvalue weighted by atomic mass is 127. The van der Waals surface area contributed by atoms with E-state index in [1.807, 2.05) is 6.92 Å². The lowest BCUT2D eigenvalue weighted by Gasteiger charge is -2.08. The summed E-state index contributed by atoms with van der Waals surface area (Å²) >= 11 is 0. The number of halogens is 1. The van der Waals surface area contributed by atoms with Crippen molar-refractivity contribution in [1.29, 1.82) is 0 Å². The number of rotatable bonds is 10. The molecule has 0 aliphatic rings. The van der Waals surface area contributed by atoms with Crippen molar-refractivity contribution in [1.82, 2.24) is 10.6 Å². The number of hydrogen-bond acceptors (Lipinski definition) is 3. The van der Waals surface area contributed by atoms with Crippen LogP contribution in [-0.2, 0) is 9.53 Å². The maximum atomic E-state index is 11.1. The van der Waals surface area contributed by atoms with E-state index in [9.17, 15) is 4.79 Å². The highest BCUT2D eigenvalue weighted by Crippen LogP contribution is 2.04. The van der Waals surface area contributed by atoms with Crippen LogP contribution in [0.5, 0.6) is 0 Å². The normalized spacial score (nSPS) is 9.35. The molecule has 0 unspecified atom stereocenters. The molecule has 0 spiro atoms. The number of ether oxygens (including phenoxy) is 1. The van der Waals surface area contributed by atoms with Crippen molar-refractivity contribution in [2.24, 2.45) is 4.99 Å². The number of unbranched alkanes of at least 4 members (excludes halogenated alkanes) is 3. The molecule has 0 atom stereocenters. The van der Waals surface area contributed by atoms with E-state index < -0.39 is 0 Å². The zero-order valence-corrected chi connectivity index (χ0v) is 15.4. The molecule has 0 radical (unpaired) electrons. The molecule has 0 saturated carbocycles. The van der Waals surface area contributed by atoms with E-state index in [1.165, 1.54) is 0 Å².